The van der Waals surface area contributed by atoms with Gasteiger partial charge in [0.05, 0.1) is 0 Å². The molecule has 0 fully saturated rings. The normalized spacial score (nSPS) is 12.1. The molecule has 0 radical (unpaired) electrons. The van der Waals surface area contributed by atoms with Gasteiger partial charge in [0, 0.05) is 19.7 Å². The standard InChI is InChI=1S/C11H16F2N2O2S/c1-14-6-3-7-15(2)18(16,17)11-5-4-9(12)8-10(11)13/h4-5,8,14H,3,6-7H2,1-2H3. The molecule has 0 unspecified atom stereocenters. The van der Waals surface area contributed by atoms with Crippen LogP contribution in [0.1, 0.15) is 6.42 Å². The highest BCUT2D eigenvalue weighted by atomic mass is 32.2. The lowest BCUT2D eigenvalue weighted by molar-refractivity contribution is 0.451. The molecule has 18 heavy (non-hydrogen) atoms. The fourth-order valence-electron chi connectivity index (χ4n) is 1.45. The Bertz CT molecular complexity index is 506. The lowest BCUT2D eigenvalue weighted by Gasteiger charge is -2.17. The maximum atomic E-state index is 13.4. The summed E-state index contributed by atoms with van der Waals surface area (Å²) < 4.78 is 51.2. The van der Waals surface area contributed by atoms with Crippen molar-refractivity contribution in [3.63, 3.8) is 0 Å². The van der Waals surface area contributed by atoms with Gasteiger partial charge in [0.1, 0.15) is 16.5 Å². The molecule has 0 spiro atoms. The molecular weight excluding hydrogens is 262 g/mol. The van der Waals surface area contributed by atoms with Crippen molar-refractivity contribution in [2.45, 2.75) is 11.3 Å². The molecule has 1 N–H and O–H groups in total. The summed E-state index contributed by atoms with van der Waals surface area (Å²) in [6.45, 7) is 0.922. The Hall–Kier alpha value is -1.05. The number of hydrogen-bond acceptors (Lipinski definition) is 3. The Labute approximate surface area is 106 Å². The molecule has 102 valence electrons. The van der Waals surface area contributed by atoms with E-state index in [0.29, 0.717) is 19.0 Å². The van der Waals surface area contributed by atoms with Crippen molar-refractivity contribution < 1.29 is 17.2 Å². The van der Waals surface area contributed by atoms with Crippen LogP contribution >= 0.6 is 0 Å². The van der Waals surface area contributed by atoms with Gasteiger partial charge in [-0.25, -0.2) is 21.5 Å². The highest BCUT2D eigenvalue weighted by molar-refractivity contribution is 7.89. The van der Waals surface area contributed by atoms with Crippen molar-refractivity contribution >= 4 is 10.0 Å². The molecule has 0 amide bonds. The van der Waals surface area contributed by atoms with Gasteiger partial charge in [0.15, 0.2) is 0 Å². The molecule has 0 heterocycles. The molecule has 1 rings (SSSR count). The van der Waals surface area contributed by atoms with Gasteiger partial charge >= 0.3 is 0 Å². The van der Waals surface area contributed by atoms with E-state index in [1.54, 1.807) is 7.05 Å². The number of halogens is 2. The van der Waals surface area contributed by atoms with Gasteiger partial charge in [0.25, 0.3) is 0 Å². The van der Waals surface area contributed by atoms with Crippen LogP contribution in [0.2, 0.25) is 0 Å². The minimum Gasteiger partial charge on any atom is -0.320 e. The highest BCUT2D eigenvalue weighted by Gasteiger charge is 2.24. The number of nitrogens with zero attached hydrogens (tertiary/aromatic N) is 1. The van der Waals surface area contributed by atoms with Crippen molar-refractivity contribution in [1.29, 1.82) is 0 Å². The number of rotatable bonds is 6. The third kappa shape index (κ3) is 3.47. The average Bonchev–Trinajstić information content (AvgIpc) is 2.28. The summed E-state index contributed by atoms with van der Waals surface area (Å²) in [5.74, 6) is -1.88. The molecule has 0 aliphatic carbocycles. The zero-order valence-corrected chi connectivity index (χ0v) is 11.1. The Balaban J connectivity index is 2.91. The predicted molar refractivity (Wildman–Crippen MR) is 64.7 cm³/mol. The third-order valence-corrected chi connectivity index (χ3v) is 4.37. The van der Waals surface area contributed by atoms with Gasteiger partial charge in [-0.1, -0.05) is 0 Å². The van der Waals surface area contributed by atoms with E-state index in [4.69, 9.17) is 0 Å². The molecule has 0 bridgehead atoms. The van der Waals surface area contributed by atoms with Crippen molar-refractivity contribution in [1.82, 2.24) is 9.62 Å². The maximum Gasteiger partial charge on any atom is 0.245 e. The van der Waals surface area contributed by atoms with Crippen LogP contribution in [0.4, 0.5) is 8.78 Å². The fourth-order valence-corrected chi connectivity index (χ4v) is 2.70. The van der Waals surface area contributed by atoms with Crippen LogP contribution in [0.15, 0.2) is 23.1 Å². The largest absolute Gasteiger partial charge is 0.320 e. The molecule has 0 aliphatic rings. The van der Waals surface area contributed by atoms with E-state index in [2.05, 4.69) is 5.32 Å². The van der Waals surface area contributed by atoms with Crippen LogP contribution in [-0.2, 0) is 10.0 Å². The van der Waals surface area contributed by atoms with Crippen molar-refractivity contribution in [3.05, 3.63) is 29.8 Å². The fraction of sp³-hybridized carbons (Fsp3) is 0.455. The maximum absolute atomic E-state index is 13.4. The van der Waals surface area contributed by atoms with Crippen molar-refractivity contribution in [2.75, 3.05) is 27.2 Å². The van der Waals surface area contributed by atoms with Crippen molar-refractivity contribution in [2.24, 2.45) is 0 Å². The second-order valence-corrected chi connectivity index (χ2v) is 5.87. The summed E-state index contributed by atoms with van der Waals surface area (Å²) in [4.78, 5) is -0.504. The Morgan fingerprint density at radius 3 is 2.56 bits per heavy atom. The first-order valence-electron chi connectivity index (χ1n) is 5.45. The second-order valence-electron chi connectivity index (χ2n) is 3.86. The van der Waals surface area contributed by atoms with Crippen LogP contribution < -0.4 is 5.32 Å². The van der Waals surface area contributed by atoms with Gasteiger partial charge in [-0.3, -0.25) is 0 Å². The Kier molecular flexibility index (Phi) is 5.18. The van der Waals surface area contributed by atoms with E-state index in [-0.39, 0.29) is 6.54 Å². The topological polar surface area (TPSA) is 49.4 Å². The quantitative estimate of drug-likeness (QED) is 0.795. The zero-order valence-electron chi connectivity index (χ0n) is 10.3. The molecule has 0 aromatic heterocycles. The number of sulfonamides is 1. The Morgan fingerprint density at radius 2 is 2.00 bits per heavy atom. The van der Waals surface area contributed by atoms with Gasteiger partial charge in [-0.15, -0.1) is 0 Å². The van der Waals surface area contributed by atoms with E-state index < -0.39 is 26.6 Å². The monoisotopic (exact) mass is 278 g/mol. The Morgan fingerprint density at radius 1 is 1.33 bits per heavy atom. The first-order valence-corrected chi connectivity index (χ1v) is 6.89. The second kappa shape index (κ2) is 6.21. The first kappa shape index (κ1) is 15.0. The highest BCUT2D eigenvalue weighted by Crippen LogP contribution is 2.19. The van der Waals surface area contributed by atoms with Gasteiger partial charge in [-0.2, -0.15) is 0 Å². The van der Waals surface area contributed by atoms with E-state index >= 15 is 0 Å². The molecule has 0 aliphatic heterocycles. The molecule has 0 saturated carbocycles. The number of nitrogens with one attached hydrogen (secondary N) is 1. The SMILES string of the molecule is CNCCCN(C)S(=O)(=O)c1ccc(F)cc1F. The van der Waals surface area contributed by atoms with Crippen LogP contribution in [0.25, 0.3) is 0 Å². The molecule has 1 aromatic rings. The van der Waals surface area contributed by atoms with Gasteiger partial charge in [-0.05, 0) is 32.1 Å². The number of hydrogen-bond donors (Lipinski definition) is 1. The summed E-state index contributed by atoms with van der Waals surface area (Å²) >= 11 is 0. The minimum atomic E-state index is -3.90. The van der Waals surface area contributed by atoms with E-state index in [9.17, 15) is 17.2 Å². The van der Waals surface area contributed by atoms with Gasteiger partial charge < -0.3 is 5.32 Å². The first-order chi connectivity index (χ1) is 8.39. The predicted octanol–water partition coefficient (Wildman–Crippen LogP) is 1.19. The molecule has 1 aromatic carbocycles. The molecule has 4 nitrogen and oxygen atoms in total. The lowest BCUT2D eigenvalue weighted by Crippen LogP contribution is -2.30. The summed E-state index contributed by atoms with van der Waals surface area (Å²) in [7, 11) is -0.776. The van der Waals surface area contributed by atoms with E-state index in [1.807, 2.05) is 0 Å². The average molecular weight is 278 g/mol. The van der Waals surface area contributed by atoms with E-state index in [1.165, 1.54) is 7.05 Å². The van der Waals surface area contributed by atoms with Crippen LogP contribution in [0.5, 0.6) is 0 Å². The molecular formula is C11H16F2N2O2S. The zero-order chi connectivity index (χ0) is 13.8. The van der Waals surface area contributed by atoms with Crippen LogP contribution in [0.3, 0.4) is 0 Å². The molecule has 0 saturated heterocycles. The molecule has 7 heteroatoms. The number of benzene rings is 1. The van der Waals surface area contributed by atoms with Crippen LogP contribution in [-0.4, -0.2) is 39.9 Å². The lowest BCUT2D eigenvalue weighted by atomic mass is 10.3. The minimum absolute atomic E-state index is 0.264. The van der Waals surface area contributed by atoms with Crippen LogP contribution in [0, 0.1) is 11.6 Å². The summed E-state index contributed by atoms with van der Waals surface area (Å²) in [5, 5.41) is 2.89. The third-order valence-electron chi connectivity index (χ3n) is 2.48. The van der Waals surface area contributed by atoms with Gasteiger partial charge in [0.2, 0.25) is 10.0 Å². The summed E-state index contributed by atoms with van der Waals surface area (Å²) in [5.41, 5.74) is 0. The smallest absolute Gasteiger partial charge is 0.245 e. The van der Waals surface area contributed by atoms with E-state index in [0.717, 1.165) is 16.4 Å². The van der Waals surface area contributed by atoms with Crippen molar-refractivity contribution in [3.8, 4) is 0 Å². The summed E-state index contributed by atoms with van der Waals surface area (Å²) in [6, 6.07) is 2.43. The summed E-state index contributed by atoms with van der Waals surface area (Å²) in [6.07, 6.45) is 0.606. The molecule has 0 atom stereocenters.